The third-order valence-corrected chi connectivity index (χ3v) is 6.25. The van der Waals surface area contributed by atoms with E-state index in [1.807, 2.05) is 6.92 Å². The Bertz CT molecular complexity index is 521. The molecule has 0 spiro atoms. The summed E-state index contributed by atoms with van der Waals surface area (Å²) in [5, 5.41) is 0. The molecule has 0 radical (unpaired) electrons. The molecule has 1 aromatic rings. The van der Waals surface area contributed by atoms with Gasteiger partial charge in [-0.25, -0.2) is 4.31 Å². The van der Waals surface area contributed by atoms with Crippen molar-refractivity contribution in [2.45, 2.75) is 72.1 Å². The molecule has 0 aromatic heterocycles. The maximum atomic E-state index is 9.98. The molecule has 0 fully saturated rings. The number of aryl methyl sites for hydroxylation is 1. The van der Waals surface area contributed by atoms with Crippen LogP contribution in [-0.2, 0) is 15.1 Å². The smallest absolute Gasteiger partial charge is 0.401 e. The highest BCUT2D eigenvalue weighted by atomic mass is 31.2. The van der Waals surface area contributed by atoms with Gasteiger partial charge in [0.2, 0.25) is 0 Å². The third kappa shape index (κ3) is 5.36. The van der Waals surface area contributed by atoms with Gasteiger partial charge in [0.15, 0.2) is 0 Å². The summed E-state index contributed by atoms with van der Waals surface area (Å²) in [7, 11) is -5.09. The van der Waals surface area contributed by atoms with Gasteiger partial charge in [-0.15, -0.1) is 0 Å². The molecule has 0 aliphatic rings. The summed E-state index contributed by atoms with van der Waals surface area (Å²) in [4.78, 5) is 27.9. The van der Waals surface area contributed by atoms with Crippen LogP contribution in [0.15, 0.2) is 12.1 Å². The van der Waals surface area contributed by atoms with Crippen LogP contribution >= 0.6 is 17.2 Å². The lowest BCUT2D eigenvalue weighted by Crippen LogP contribution is -2.22. The van der Waals surface area contributed by atoms with E-state index in [0.717, 1.165) is 29.5 Å². The fourth-order valence-corrected chi connectivity index (χ4v) is 3.40. The topological polar surface area (TPSA) is 79.2 Å². The standard InChI is InChI=1S/C17H30O5P2/c1-8-16(4,5)13-10-12(3)11-14(17(6,7)9-2)15(13)21-24(20)22-23(18)19/h10-11,18-20H,8-9H2,1-7H3. The molecule has 0 saturated carbocycles. The van der Waals surface area contributed by atoms with Crippen molar-refractivity contribution in [1.29, 1.82) is 0 Å². The summed E-state index contributed by atoms with van der Waals surface area (Å²) < 4.78 is 10.4. The highest BCUT2D eigenvalue weighted by Crippen LogP contribution is 2.51. The molecular weight excluding hydrogens is 346 g/mol. The molecule has 0 aliphatic heterocycles. The van der Waals surface area contributed by atoms with E-state index in [4.69, 9.17) is 14.3 Å². The minimum atomic E-state index is -2.67. The van der Waals surface area contributed by atoms with Crippen LogP contribution in [0.5, 0.6) is 5.75 Å². The Morgan fingerprint density at radius 2 is 1.33 bits per heavy atom. The van der Waals surface area contributed by atoms with Crippen molar-refractivity contribution in [3.05, 3.63) is 28.8 Å². The number of benzene rings is 1. The summed E-state index contributed by atoms with van der Waals surface area (Å²) in [6.07, 6.45) is 1.80. The molecule has 5 nitrogen and oxygen atoms in total. The predicted octanol–water partition coefficient (Wildman–Crippen LogP) is 5.20. The van der Waals surface area contributed by atoms with Crippen molar-refractivity contribution in [3.8, 4) is 5.75 Å². The van der Waals surface area contributed by atoms with E-state index in [-0.39, 0.29) is 10.8 Å². The molecule has 1 aromatic carbocycles. The number of rotatable bonds is 8. The van der Waals surface area contributed by atoms with Gasteiger partial charge < -0.3 is 19.2 Å². The van der Waals surface area contributed by atoms with Gasteiger partial charge in [0.1, 0.15) is 5.75 Å². The van der Waals surface area contributed by atoms with Crippen LogP contribution in [0.4, 0.5) is 0 Å². The average Bonchev–Trinajstić information content (AvgIpc) is 2.47. The second-order valence-electron chi connectivity index (χ2n) is 7.33. The van der Waals surface area contributed by atoms with Gasteiger partial charge in [-0.3, -0.25) is 0 Å². The van der Waals surface area contributed by atoms with Crippen LogP contribution in [0.2, 0.25) is 0 Å². The normalized spacial score (nSPS) is 14.1. The van der Waals surface area contributed by atoms with Crippen LogP contribution in [0, 0.1) is 6.92 Å². The first-order chi connectivity index (χ1) is 10.9. The molecule has 1 rings (SSSR count). The van der Waals surface area contributed by atoms with E-state index in [2.05, 4.69) is 58.0 Å². The minimum Gasteiger partial charge on any atom is -0.426 e. The highest BCUT2D eigenvalue weighted by molar-refractivity contribution is 7.54. The molecule has 0 aliphatic carbocycles. The monoisotopic (exact) mass is 376 g/mol. The zero-order valence-electron chi connectivity index (χ0n) is 15.6. The number of hydrogen-bond donors (Lipinski definition) is 3. The van der Waals surface area contributed by atoms with E-state index in [0.29, 0.717) is 5.75 Å². The zero-order valence-corrected chi connectivity index (χ0v) is 17.4. The van der Waals surface area contributed by atoms with E-state index in [9.17, 15) is 4.89 Å². The van der Waals surface area contributed by atoms with E-state index in [1.165, 1.54) is 0 Å². The minimum absolute atomic E-state index is 0.154. The first-order valence-electron chi connectivity index (χ1n) is 8.13. The van der Waals surface area contributed by atoms with Crippen molar-refractivity contribution >= 4 is 17.2 Å². The predicted molar refractivity (Wildman–Crippen MR) is 100 cm³/mol. The summed E-state index contributed by atoms with van der Waals surface area (Å²) in [5.41, 5.74) is 2.81. The van der Waals surface area contributed by atoms with Crippen LogP contribution in [0.3, 0.4) is 0 Å². The summed E-state index contributed by atoms with van der Waals surface area (Å²) in [6.45, 7) is 14.8. The second kappa shape index (κ2) is 8.40. The molecule has 7 heteroatoms. The molecule has 24 heavy (non-hydrogen) atoms. The summed E-state index contributed by atoms with van der Waals surface area (Å²) >= 11 is 0. The second-order valence-corrected chi connectivity index (χ2v) is 9.14. The molecular formula is C17H30O5P2. The SMILES string of the molecule is CCC(C)(C)c1cc(C)cc(C(C)(C)CC)c1OP(O)OP(O)O. The lowest BCUT2D eigenvalue weighted by atomic mass is 9.75. The maximum absolute atomic E-state index is 9.98. The average molecular weight is 376 g/mol. The third-order valence-electron chi connectivity index (χ3n) is 4.77. The van der Waals surface area contributed by atoms with Gasteiger partial charge >= 0.3 is 17.2 Å². The quantitative estimate of drug-likeness (QED) is 0.544. The Balaban J connectivity index is 3.53. The number of hydrogen-bond acceptors (Lipinski definition) is 5. The molecule has 0 amide bonds. The molecule has 0 saturated heterocycles. The van der Waals surface area contributed by atoms with E-state index in [1.54, 1.807) is 0 Å². The van der Waals surface area contributed by atoms with Crippen molar-refractivity contribution < 1.29 is 23.5 Å². The van der Waals surface area contributed by atoms with Gasteiger partial charge in [0.25, 0.3) is 0 Å². The first-order valence-corrected chi connectivity index (χ1v) is 10.4. The molecule has 1 atom stereocenters. The van der Waals surface area contributed by atoms with Crippen LogP contribution < -0.4 is 4.52 Å². The van der Waals surface area contributed by atoms with Gasteiger partial charge in [-0.2, -0.15) is 0 Å². The molecule has 1 unspecified atom stereocenters. The Kier molecular flexibility index (Phi) is 7.62. The lowest BCUT2D eigenvalue weighted by molar-refractivity contribution is 0.322. The first kappa shape index (κ1) is 21.8. The van der Waals surface area contributed by atoms with Crippen LogP contribution in [0.25, 0.3) is 0 Å². The van der Waals surface area contributed by atoms with Crippen molar-refractivity contribution in [1.82, 2.24) is 0 Å². The van der Waals surface area contributed by atoms with Crippen LogP contribution in [0.1, 0.15) is 71.1 Å². The molecule has 3 N–H and O–H groups in total. The Morgan fingerprint density at radius 1 is 0.917 bits per heavy atom. The molecule has 0 heterocycles. The Hall–Kier alpha value is -0.280. The van der Waals surface area contributed by atoms with Gasteiger partial charge in [0.05, 0.1) is 0 Å². The van der Waals surface area contributed by atoms with Gasteiger partial charge in [-0.05, 0) is 30.6 Å². The maximum Gasteiger partial charge on any atom is 0.401 e. The lowest BCUT2D eigenvalue weighted by Gasteiger charge is -2.33. The van der Waals surface area contributed by atoms with E-state index >= 15 is 0 Å². The van der Waals surface area contributed by atoms with Crippen LogP contribution in [-0.4, -0.2) is 14.7 Å². The van der Waals surface area contributed by atoms with Crippen molar-refractivity contribution in [3.63, 3.8) is 0 Å². The zero-order chi connectivity index (χ0) is 18.7. The van der Waals surface area contributed by atoms with E-state index < -0.39 is 17.2 Å². The Labute approximate surface area is 148 Å². The van der Waals surface area contributed by atoms with Crippen molar-refractivity contribution in [2.75, 3.05) is 0 Å². The largest absolute Gasteiger partial charge is 0.426 e. The fraction of sp³-hybridized carbons (Fsp3) is 0.647. The van der Waals surface area contributed by atoms with Gasteiger partial charge in [0, 0.05) is 11.1 Å². The fourth-order valence-electron chi connectivity index (χ4n) is 2.42. The summed E-state index contributed by atoms with van der Waals surface area (Å²) in [5.74, 6) is 0.588. The van der Waals surface area contributed by atoms with Crippen molar-refractivity contribution in [2.24, 2.45) is 0 Å². The Morgan fingerprint density at radius 3 is 1.67 bits per heavy atom. The molecule has 138 valence electrons. The highest BCUT2D eigenvalue weighted by Gasteiger charge is 2.32. The van der Waals surface area contributed by atoms with Gasteiger partial charge in [-0.1, -0.05) is 59.2 Å². The summed E-state index contributed by atoms with van der Waals surface area (Å²) in [6, 6.07) is 4.13. The molecule has 0 bridgehead atoms.